The third kappa shape index (κ3) is 1.80. The van der Waals surface area contributed by atoms with Gasteiger partial charge >= 0.3 is 5.97 Å². The van der Waals surface area contributed by atoms with Gasteiger partial charge in [-0.2, -0.15) is 0 Å². The van der Waals surface area contributed by atoms with Gasteiger partial charge in [-0.3, -0.25) is 4.79 Å². The smallest absolute Gasteiger partial charge is 0.306 e. The molecule has 3 heteroatoms. The number of aliphatic carboxylic acids is 1. The topological polar surface area (TPSA) is 37.3 Å². The van der Waals surface area contributed by atoms with E-state index < -0.39 is 14.0 Å². The quantitative estimate of drug-likeness (QED) is 0.695. The number of hydrogen-bond donors (Lipinski definition) is 1. The van der Waals surface area contributed by atoms with E-state index in [9.17, 15) is 9.90 Å². The molecule has 0 atom stereocenters. The van der Waals surface area contributed by atoms with Gasteiger partial charge in [0.2, 0.25) is 0 Å². The van der Waals surface area contributed by atoms with Gasteiger partial charge in [-0.15, -0.1) is 0 Å². The summed E-state index contributed by atoms with van der Waals surface area (Å²) in [5.74, 6) is -0.536. The number of rotatable bonds is 2. The molecule has 1 rings (SSSR count). The standard InChI is InChI=1S/C10H20O2Si/c1-13(2,3)10(9(11)12)7-5-4-6-8-10/h4-8H2,1-3H3,(H,11,12). The van der Waals surface area contributed by atoms with Crippen molar-refractivity contribution < 1.29 is 9.90 Å². The van der Waals surface area contributed by atoms with Crippen LogP contribution in [0, 0.1) is 0 Å². The first-order valence-corrected chi connectivity index (χ1v) is 8.63. The molecule has 13 heavy (non-hydrogen) atoms. The van der Waals surface area contributed by atoms with Crippen LogP contribution in [-0.4, -0.2) is 19.1 Å². The van der Waals surface area contributed by atoms with Crippen molar-refractivity contribution in [2.45, 2.75) is 56.8 Å². The van der Waals surface area contributed by atoms with E-state index in [1.165, 1.54) is 6.42 Å². The van der Waals surface area contributed by atoms with Gasteiger partial charge in [0, 0.05) is 0 Å². The van der Waals surface area contributed by atoms with E-state index >= 15 is 0 Å². The molecule has 0 saturated heterocycles. The number of hydrogen-bond acceptors (Lipinski definition) is 1. The molecule has 0 aromatic carbocycles. The maximum Gasteiger partial charge on any atom is 0.306 e. The molecule has 2 nitrogen and oxygen atoms in total. The van der Waals surface area contributed by atoms with Gasteiger partial charge in [0.1, 0.15) is 0 Å². The van der Waals surface area contributed by atoms with Crippen molar-refractivity contribution >= 4 is 14.0 Å². The summed E-state index contributed by atoms with van der Waals surface area (Å²) in [7, 11) is -1.57. The van der Waals surface area contributed by atoms with Crippen molar-refractivity contribution in [3.63, 3.8) is 0 Å². The van der Waals surface area contributed by atoms with Gasteiger partial charge in [-0.25, -0.2) is 0 Å². The highest BCUT2D eigenvalue weighted by molar-refractivity contribution is 6.82. The second-order valence-corrected chi connectivity index (χ2v) is 10.7. The van der Waals surface area contributed by atoms with E-state index in [0.29, 0.717) is 0 Å². The van der Waals surface area contributed by atoms with E-state index in [1.807, 2.05) is 0 Å². The normalized spacial score (nSPS) is 22.7. The van der Waals surface area contributed by atoms with Crippen LogP contribution in [0.1, 0.15) is 32.1 Å². The molecule has 0 unspecified atom stereocenters. The Kier molecular flexibility index (Phi) is 2.85. The molecule has 0 heterocycles. The molecule has 0 spiro atoms. The van der Waals surface area contributed by atoms with Gasteiger partial charge in [0.25, 0.3) is 0 Å². The Morgan fingerprint density at radius 2 is 1.62 bits per heavy atom. The predicted octanol–water partition coefficient (Wildman–Crippen LogP) is 3.11. The van der Waals surface area contributed by atoms with E-state index in [2.05, 4.69) is 19.6 Å². The molecule has 76 valence electrons. The maximum atomic E-state index is 11.4. The lowest BCUT2D eigenvalue weighted by Crippen LogP contribution is -2.46. The van der Waals surface area contributed by atoms with Crippen LogP contribution in [0.2, 0.25) is 24.7 Å². The Bertz CT molecular complexity index is 199. The molecule has 1 aliphatic rings. The summed E-state index contributed by atoms with van der Waals surface area (Å²) in [6.45, 7) is 6.56. The minimum atomic E-state index is -1.57. The summed E-state index contributed by atoms with van der Waals surface area (Å²) in [4.78, 5) is 11.4. The highest BCUT2D eigenvalue weighted by Gasteiger charge is 2.49. The molecule has 1 fully saturated rings. The fraction of sp³-hybridized carbons (Fsp3) is 0.900. The van der Waals surface area contributed by atoms with Gasteiger partial charge in [0.05, 0.1) is 13.1 Å². The lowest BCUT2D eigenvalue weighted by molar-refractivity contribution is -0.142. The lowest BCUT2D eigenvalue weighted by atomic mass is 9.88. The van der Waals surface area contributed by atoms with E-state index in [4.69, 9.17) is 0 Å². The average Bonchev–Trinajstić information content (AvgIpc) is 2.03. The molecule has 1 aliphatic carbocycles. The van der Waals surface area contributed by atoms with Crippen LogP contribution in [-0.2, 0) is 4.79 Å². The third-order valence-electron chi connectivity index (χ3n) is 3.55. The van der Waals surface area contributed by atoms with Crippen molar-refractivity contribution in [2.75, 3.05) is 0 Å². The summed E-state index contributed by atoms with van der Waals surface area (Å²) in [6.07, 6.45) is 5.27. The van der Waals surface area contributed by atoms with Gasteiger partial charge < -0.3 is 5.11 Å². The lowest BCUT2D eigenvalue weighted by Gasteiger charge is -2.42. The zero-order valence-electron chi connectivity index (χ0n) is 8.89. The Hall–Kier alpha value is -0.313. The first-order chi connectivity index (χ1) is 5.90. The maximum absolute atomic E-state index is 11.4. The van der Waals surface area contributed by atoms with Crippen molar-refractivity contribution in [1.29, 1.82) is 0 Å². The average molecular weight is 200 g/mol. The van der Waals surface area contributed by atoms with Crippen LogP contribution in [0.15, 0.2) is 0 Å². The Balaban J connectivity index is 2.93. The van der Waals surface area contributed by atoms with Crippen molar-refractivity contribution in [1.82, 2.24) is 0 Å². The molecule has 0 radical (unpaired) electrons. The Morgan fingerprint density at radius 3 is 1.85 bits per heavy atom. The fourth-order valence-corrected chi connectivity index (χ4v) is 4.94. The molecular formula is C10H20O2Si. The first kappa shape index (κ1) is 10.8. The summed E-state index contributed by atoms with van der Waals surface area (Å²) >= 11 is 0. The first-order valence-electron chi connectivity index (χ1n) is 5.13. The Labute approximate surface area is 81.4 Å². The SMILES string of the molecule is C[Si](C)(C)C1(C(=O)O)CCCCC1. The third-order valence-corrected chi connectivity index (χ3v) is 7.14. The monoisotopic (exact) mass is 200 g/mol. The summed E-state index contributed by atoms with van der Waals surface area (Å²) in [5.41, 5.74) is 0. The second-order valence-electron chi connectivity index (χ2n) is 5.20. The largest absolute Gasteiger partial charge is 0.481 e. The Morgan fingerprint density at radius 1 is 1.15 bits per heavy atom. The fourth-order valence-electron chi connectivity index (χ4n) is 2.44. The van der Waals surface area contributed by atoms with Crippen molar-refractivity contribution in [3.8, 4) is 0 Å². The van der Waals surface area contributed by atoms with Crippen molar-refractivity contribution in [2.24, 2.45) is 0 Å². The molecule has 1 N–H and O–H groups in total. The van der Waals surface area contributed by atoms with E-state index in [1.54, 1.807) is 0 Å². The highest BCUT2D eigenvalue weighted by Crippen LogP contribution is 2.50. The summed E-state index contributed by atoms with van der Waals surface area (Å²) in [6, 6.07) is 0. The molecule has 0 bridgehead atoms. The zero-order chi connectivity index (χ0) is 10.1. The minimum absolute atomic E-state index is 0.328. The van der Waals surface area contributed by atoms with Crippen LogP contribution in [0.5, 0.6) is 0 Å². The van der Waals surface area contributed by atoms with Crippen LogP contribution < -0.4 is 0 Å². The minimum Gasteiger partial charge on any atom is -0.481 e. The predicted molar refractivity (Wildman–Crippen MR) is 56.8 cm³/mol. The van der Waals surface area contributed by atoms with Crippen LogP contribution in [0.25, 0.3) is 0 Å². The highest BCUT2D eigenvalue weighted by atomic mass is 28.3. The van der Waals surface area contributed by atoms with Crippen LogP contribution in [0.4, 0.5) is 0 Å². The molecule has 0 aromatic heterocycles. The molecule has 0 aliphatic heterocycles. The second kappa shape index (κ2) is 3.44. The number of carbonyl (C=O) groups is 1. The zero-order valence-corrected chi connectivity index (χ0v) is 9.89. The van der Waals surface area contributed by atoms with Crippen molar-refractivity contribution in [3.05, 3.63) is 0 Å². The molecular weight excluding hydrogens is 180 g/mol. The summed E-state index contributed by atoms with van der Waals surface area (Å²) < 4.78 is 0. The van der Waals surface area contributed by atoms with Gasteiger partial charge in [-0.05, 0) is 12.8 Å². The van der Waals surface area contributed by atoms with E-state index in [-0.39, 0.29) is 5.04 Å². The molecule has 1 saturated carbocycles. The molecule has 0 amide bonds. The van der Waals surface area contributed by atoms with Gasteiger partial charge in [-0.1, -0.05) is 38.9 Å². The summed E-state index contributed by atoms with van der Waals surface area (Å²) in [5, 5.41) is 9.03. The number of carboxylic acids is 1. The van der Waals surface area contributed by atoms with E-state index in [0.717, 1.165) is 25.7 Å². The van der Waals surface area contributed by atoms with Gasteiger partial charge in [0.15, 0.2) is 0 Å². The molecule has 0 aromatic rings. The number of carboxylic acid groups (broad SMARTS) is 1. The van der Waals surface area contributed by atoms with Crippen LogP contribution in [0.3, 0.4) is 0 Å². The van der Waals surface area contributed by atoms with Crippen LogP contribution >= 0.6 is 0 Å².